The van der Waals surface area contributed by atoms with Gasteiger partial charge in [-0.1, -0.05) is 26.0 Å². The Labute approximate surface area is 197 Å². The number of pyridine rings is 2. The van der Waals surface area contributed by atoms with E-state index < -0.39 is 0 Å². The Morgan fingerprint density at radius 2 is 1.06 bits per heavy atom. The summed E-state index contributed by atoms with van der Waals surface area (Å²) in [7, 11) is 0. The maximum absolute atomic E-state index is 5.11. The minimum absolute atomic E-state index is 0.335. The molecule has 4 rings (SSSR count). The molecule has 4 nitrogen and oxygen atoms in total. The average molecular weight is 441 g/mol. The van der Waals surface area contributed by atoms with Gasteiger partial charge in [-0.25, -0.2) is 0 Å². The Morgan fingerprint density at radius 1 is 0.667 bits per heavy atom. The van der Waals surface area contributed by atoms with Crippen molar-refractivity contribution < 1.29 is 0 Å². The summed E-state index contributed by atoms with van der Waals surface area (Å²) >= 11 is 0. The summed E-state index contributed by atoms with van der Waals surface area (Å²) in [5.74, 6) is 0. The van der Waals surface area contributed by atoms with Crippen LogP contribution in [-0.2, 0) is 18.3 Å². The van der Waals surface area contributed by atoms with Crippen LogP contribution in [0.25, 0.3) is 22.8 Å². The van der Waals surface area contributed by atoms with Crippen molar-refractivity contribution in [2.75, 3.05) is 0 Å². The molecule has 0 aliphatic carbocycles. The van der Waals surface area contributed by atoms with E-state index in [2.05, 4.69) is 102 Å². The van der Waals surface area contributed by atoms with Gasteiger partial charge in [-0.3, -0.25) is 9.97 Å². The van der Waals surface area contributed by atoms with Crippen molar-refractivity contribution in [3.63, 3.8) is 0 Å². The highest BCUT2D eigenvalue weighted by molar-refractivity contribution is 5.64. The standard InChI is InChI=1S/C29H36N4/c1-9-21-17(3)27(30-19(21)5)23-13-11-15-25(32-23)29(7,8)26-16-12-14-24(33-26)28-18(4)22(10-2)20(6)31-28/h11-16,30-31H,9-10H2,1-8H3. The van der Waals surface area contributed by atoms with Gasteiger partial charge in [0.1, 0.15) is 0 Å². The first-order valence-electron chi connectivity index (χ1n) is 12.0. The van der Waals surface area contributed by atoms with Crippen molar-refractivity contribution >= 4 is 0 Å². The zero-order valence-corrected chi connectivity index (χ0v) is 21.3. The smallest absolute Gasteiger partial charge is 0.0870 e. The highest BCUT2D eigenvalue weighted by Gasteiger charge is 2.28. The zero-order chi connectivity index (χ0) is 23.9. The van der Waals surface area contributed by atoms with Gasteiger partial charge in [0.05, 0.1) is 34.2 Å². The molecule has 0 atom stereocenters. The molecule has 0 aliphatic rings. The lowest BCUT2D eigenvalue weighted by Gasteiger charge is -2.24. The fourth-order valence-electron chi connectivity index (χ4n) is 5.13. The van der Waals surface area contributed by atoms with Crippen LogP contribution in [0.4, 0.5) is 0 Å². The van der Waals surface area contributed by atoms with Crippen LogP contribution in [0.2, 0.25) is 0 Å². The third kappa shape index (κ3) is 3.92. The summed E-state index contributed by atoms with van der Waals surface area (Å²) < 4.78 is 0. The number of aryl methyl sites for hydroxylation is 2. The first kappa shape index (κ1) is 23.0. The predicted molar refractivity (Wildman–Crippen MR) is 138 cm³/mol. The molecule has 4 heteroatoms. The lowest BCUT2D eigenvalue weighted by Crippen LogP contribution is -2.22. The zero-order valence-electron chi connectivity index (χ0n) is 21.3. The fraction of sp³-hybridized carbons (Fsp3) is 0.379. The van der Waals surface area contributed by atoms with E-state index in [4.69, 9.17) is 9.97 Å². The van der Waals surface area contributed by atoms with Crippen LogP contribution in [0.1, 0.15) is 72.7 Å². The molecule has 0 radical (unpaired) electrons. The van der Waals surface area contributed by atoms with Gasteiger partial charge < -0.3 is 9.97 Å². The molecule has 0 saturated carbocycles. The van der Waals surface area contributed by atoms with Gasteiger partial charge in [0, 0.05) is 16.8 Å². The second kappa shape index (κ2) is 8.66. The minimum atomic E-state index is -0.335. The quantitative estimate of drug-likeness (QED) is 0.334. The first-order valence-corrected chi connectivity index (χ1v) is 12.0. The molecular formula is C29H36N4. The molecule has 4 heterocycles. The molecule has 0 aliphatic heterocycles. The van der Waals surface area contributed by atoms with Gasteiger partial charge in [-0.15, -0.1) is 0 Å². The summed E-state index contributed by atoms with van der Waals surface area (Å²) in [5.41, 5.74) is 13.7. The van der Waals surface area contributed by atoms with E-state index in [9.17, 15) is 0 Å². The normalized spacial score (nSPS) is 11.9. The number of hydrogen-bond donors (Lipinski definition) is 2. The molecule has 4 aromatic rings. The van der Waals surface area contributed by atoms with E-state index in [-0.39, 0.29) is 5.41 Å². The molecule has 0 fully saturated rings. The second-order valence-corrected chi connectivity index (χ2v) is 9.61. The monoisotopic (exact) mass is 440 g/mol. The van der Waals surface area contributed by atoms with Crippen LogP contribution in [0.3, 0.4) is 0 Å². The maximum Gasteiger partial charge on any atom is 0.0870 e. The lowest BCUT2D eigenvalue weighted by atomic mass is 9.84. The van der Waals surface area contributed by atoms with Gasteiger partial charge in [-0.05, 0) is 101 Å². The second-order valence-electron chi connectivity index (χ2n) is 9.61. The maximum atomic E-state index is 5.11. The SMILES string of the molecule is CCc1c(C)[nH]c(-c2cccc(C(C)(C)c3cccc(-c4[nH]c(C)c(CC)c4C)n3)n2)c1C. The van der Waals surface area contributed by atoms with Crippen LogP contribution >= 0.6 is 0 Å². The van der Waals surface area contributed by atoms with Gasteiger partial charge in [0.15, 0.2) is 0 Å². The number of nitrogens with one attached hydrogen (secondary N) is 2. The summed E-state index contributed by atoms with van der Waals surface area (Å²) in [5, 5.41) is 0. The average Bonchev–Trinajstić information content (AvgIpc) is 3.27. The predicted octanol–water partition coefficient (Wildman–Crippen LogP) is 7.15. The third-order valence-electron chi connectivity index (χ3n) is 7.18. The largest absolute Gasteiger partial charge is 0.357 e. The van der Waals surface area contributed by atoms with Crippen molar-refractivity contribution in [1.82, 2.24) is 19.9 Å². The van der Waals surface area contributed by atoms with Gasteiger partial charge in [0.25, 0.3) is 0 Å². The highest BCUT2D eigenvalue weighted by atomic mass is 14.9. The van der Waals surface area contributed by atoms with Crippen molar-refractivity contribution in [2.45, 2.75) is 73.6 Å². The Bertz CT molecular complexity index is 1200. The molecule has 172 valence electrons. The van der Waals surface area contributed by atoms with Crippen LogP contribution < -0.4 is 0 Å². The summed E-state index contributed by atoms with van der Waals surface area (Å²) in [4.78, 5) is 17.4. The summed E-state index contributed by atoms with van der Waals surface area (Å²) in [6, 6.07) is 12.6. The molecule has 33 heavy (non-hydrogen) atoms. The van der Waals surface area contributed by atoms with Crippen LogP contribution in [0.5, 0.6) is 0 Å². The molecule has 0 spiro atoms. The van der Waals surface area contributed by atoms with Crippen molar-refractivity contribution in [3.05, 3.63) is 81.4 Å². The molecular weight excluding hydrogens is 404 g/mol. The Hall–Kier alpha value is -3.14. The number of nitrogens with zero attached hydrogens (tertiary/aromatic N) is 2. The molecule has 2 N–H and O–H groups in total. The van der Waals surface area contributed by atoms with E-state index >= 15 is 0 Å². The number of H-pyrrole nitrogens is 2. The van der Waals surface area contributed by atoms with E-state index in [1.165, 1.54) is 33.6 Å². The number of aromatic nitrogens is 4. The summed E-state index contributed by atoms with van der Waals surface area (Å²) in [6.45, 7) is 17.5. The Balaban J connectivity index is 1.76. The molecule has 4 aromatic heterocycles. The number of rotatable bonds is 6. The lowest BCUT2D eigenvalue weighted by molar-refractivity contribution is 0.596. The molecule has 0 unspecified atom stereocenters. The van der Waals surface area contributed by atoms with Crippen molar-refractivity contribution in [1.29, 1.82) is 0 Å². The van der Waals surface area contributed by atoms with Gasteiger partial charge in [-0.2, -0.15) is 0 Å². The third-order valence-corrected chi connectivity index (χ3v) is 7.18. The first-order chi connectivity index (χ1) is 15.7. The topological polar surface area (TPSA) is 57.4 Å². The number of hydrogen-bond acceptors (Lipinski definition) is 2. The van der Waals surface area contributed by atoms with Crippen LogP contribution in [0.15, 0.2) is 36.4 Å². The summed E-state index contributed by atoms with van der Waals surface area (Å²) in [6.07, 6.45) is 2.04. The van der Waals surface area contributed by atoms with Crippen molar-refractivity contribution in [3.8, 4) is 22.8 Å². The van der Waals surface area contributed by atoms with Gasteiger partial charge >= 0.3 is 0 Å². The Kier molecular flexibility index (Phi) is 6.04. The molecule has 0 aromatic carbocycles. The number of aromatic amines is 2. The minimum Gasteiger partial charge on any atom is -0.357 e. The van der Waals surface area contributed by atoms with Crippen molar-refractivity contribution in [2.24, 2.45) is 0 Å². The van der Waals surface area contributed by atoms with E-state index in [1.54, 1.807) is 0 Å². The van der Waals surface area contributed by atoms with E-state index in [0.717, 1.165) is 47.0 Å². The highest BCUT2D eigenvalue weighted by Crippen LogP contribution is 2.34. The fourth-order valence-corrected chi connectivity index (χ4v) is 5.13. The van der Waals surface area contributed by atoms with Crippen LogP contribution in [-0.4, -0.2) is 19.9 Å². The van der Waals surface area contributed by atoms with E-state index in [0.29, 0.717) is 0 Å². The Morgan fingerprint density at radius 3 is 1.39 bits per heavy atom. The van der Waals surface area contributed by atoms with Gasteiger partial charge in [0.2, 0.25) is 0 Å². The van der Waals surface area contributed by atoms with E-state index in [1.807, 2.05) is 0 Å². The molecule has 0 saturated heterocycles. The molecule has 0 bridgehead atoms. The van der Waals surface area contributed by atoms with Crippen LogP contribution in [0, 0.1) is 27.7 Å². The molecule has 0 amide bonds.